The lowest BCUT2D eigenvalue weighted by Crippen LogP contribution is -2.31. The Morgan fingerprint density at radius 2 is 1.44 bits per heavy atom. The Bertz CT molecular complexity index is 1510. The molecule has 0 radical (unpaired) electrons. The quantitative estimate of drug-likeness (QED) is 0.0675. The summed E-state index contributed by atoms with van der Waals surface area (Å²) >= 11 is 6.76. The van der Waals surface area contributed by atoms with E-state index in [1.807, 2.05) is 0 Å². The molecule has 0 saturated heterocycles. The molecule has 0 spiro atoms. The SMILES string of the molecule is O=C(Nc1ccc(C(=O)O[C@H](C(=O)c2ccccc2)[C@@H](Br)c2cccc([N+](=O)[O-])c2)cc1)c1ccc(Br)cc1. The number of hydrogen-bond donors (Lipinski definition) is 1. The van der Waals surface area contributed by atoms with Crippen LogP contribution in [0.2, 0.25) is 0 Å². The van der Waals surface area contributed by atoms with Gasteiger partial charge in [-0.15, -0.1) is 0 Å². The number of carbonyl (C=O) groups is 3. The molecule has 39 heavy (non-hydrogen) atoms. The van der Waals surface area contributed by atoms with Gasteiger partial charge in [0.25, 0.3) is 11.6 Å². The fourth-order valence-electron chi connectivity index (χ4n) is 3.68. The summed E-state index contributed by atoms with van der Waals surface area (Å²) in [7, 11) is 0. The zero-order valence-electron chi connectivity index (χ0n) is 20.1. The zero-order chi connectivity index (χ0) is 27.9. The van der Waals surface area contributed by atoms with Crippen molar-refractivity contribution in [2.24, 2.45) is 0 Å². The number of rotatable bonds is 9. The maximum absolute atomic E-state index is 13.4. The van der Waals surface area contributed by atoms with Crippen LogP contribution in [-0.4, -0.2) is 28.7 Å². The highest BCUT2D eigenvalue weighted by Gasteiger charge is 2.33. The van der Waals surface area contributed by atoms with Crippen LogP contribution in [0.5, 0.6) is 0 Å². The van der Waals surface area contributed by atoms with E-state index in [1.165, 1.54) is 30.3 Å². The molecule has 8 nitrogen and oxygen atoms in total. The van der Waals surface area contributed by atoms with E-state index in [9.17, 15) is 24.5 Å². The van der Waals surface area contributed by atoms with Crippen LogP contribution in [0, 0.1) is 10.1 Å². The molecule has 0 aromatic heterocycles. The van der Waals surface area contributed by atoms with Crippen LogP contribution >= 0.6 is 31.9 Å². The van der Waals surface area contributed by atoms with E-state index in [0.29, 0.717) is 22.4 Å². The molecule has 1 N–H and O–H groups in total. The van der Waals surface area contributed by atoms with Gasteiger partial charge in [-0.05, 0) is 54.1 Å². The summed E-state index contributed by atoms with van der Waals surface area (Å²) in [6.45, 7) is 0. The van der Waals surface area contributed by atoms with Crippen molar-refractivity contribution in [3.8, 4) is 0 Å². The van der Waals surface area contributed by atoms with Gasteiger partial charge in [-0.25, -0.2) is 4.79 Å². The standard InChI is InChI=1S/C29H20Br2N2O6/c30-22-13-9-19(10-14-22)28(35)32-23-15-11-20(12-16-23)29(36)39-27(26(34)18-5-2-1-3-6-18)25(31)21-7-4-8-24(17-21)33(37)38/h1-17,25,27H,(H,32,35)/t25-,27-/m0/s1. The van der Waals surface area contributed by atoms with Crippen molar-refractivity contribution in [1.29, 1.82) is 0 Å². The average molecular weight is 652 g/mol. The largest absolute Gasteiger partial charge is 0.449 e. The van der Waals surface area contributed by atoms with Crippen molar-refractivity contribution in [3.05, 3.63) is 140 Å². The molecule has 1 amide bonds. The molecule has 0 saturated carbocycles. The van der Waals surface area contributed by atoms with Gasteiger partial charge in [0, 0.05) is 33.4 Å². The Labute approximate surface area is 240 Å². The summed E-state index contributed by atoms with van der Waals surface area (Å²) in [6.07, 6.45) is -1.32. The van der Waals surface area contributed by atoms with Crippen LogP contribution in [0.25, 0.3) is 0 Å². The van der Waals surface area contributed by atoms with Gasteiger partial charge in [0.05, 0.1) is 15.3 Å². The van der Waals surface area contributed by atoms with Crippen molar-refractivity contribution >= 4 is 60.9 Å². The molecular weight excluding hydrogens is 632 g/mol. The van der Waals surface area contributed by atoms with Crippen LogP contribution in [0.3, 0.4) is 0 Å². The third-order valence-corrected chi connectivity index (χ3v) is 7.24. The minimum Gasteiger partial charge on any atom is -0.449 e. The lowest BCUT2D eigenvalue weighted by atomic mass is 9.99. The number of carbonyl (C=O) groups excluding carboxylic acids is 3. The molecule has 0 fully saturated rings. The Morgan fingerprint density at radius 1 is 0.795 bits per heavy atom. The Hall–Kier alpha value is -4.15. The molecule has 10 heteroatoms. The molecule has 0 aliphatic rings. The zero-order valence-corrected chi connectivity index (χ0v) is 23.3. The second-order valence-electron chi connectivity index (χ2n) is 8.35. The molecule has 196 valence electrons. The maximum atomic E-state index is 13.4. The van der Waals surface area contributed by atoms with Gasteiger partial charge in [-0.2, -0.15) is 0 Å². The minimum atomic E-state index is -1.32. The summed E-state index contributed by atoms with van der Waals surface area (Å²) in [6, 6.07) is 27.0. The van der Waals surface area contributed by atoms with Crippen molar-refractivity contribution in [2.75, 3.05) is 5.32 Å². The summed E-state index contributed by atoms with van der Waals surface area (Å²) in [5.41, 5.74) is 1.64. The lowest BCUT2D eigenvalue weighted by Gasteiger charge is -2.22. The molecule has 4 rings (SSSR count). The smallest absolute Gasteiger partial charge is 0.338 e. The predicted molar refractivity (Wildman–Crippen MR) is 153 cm³/mol. The number of esters is 1. The van der Waals surface area contributed by atoms with E-state index < -0.39 is 27.6 Å². The van der Waals surface area contributed by atoms with E-state index in [2.05, 4.69) is 37.2 Å². The number of nitrogens with zero attached hydrogens (tertiary/aromatic N) is 1. The molecule has 0 unspecified atom stereocenters. The topological polar surface area (TPSA) is 116 Å². The number of ketones is 1. The number of non-ortho nitro benzene ring substituents is 1. The Balaban J connectivity index is 1.54. The number of alkyl halides is 1. The Kier molecular flexibility index (Phi) is 9.00. The van der Waals surface area contributed by atoms with E-state index in [0.717, 1.165) is 4.47 Å². The molecule has 2 atom stereocenters. The second-order valence-corrected chi connectivity index (χ2v) is 10.3. The number of nitrogens with one attached hydrogen (secondary N) is 1. The molecular formula is C29H20Br2N2O6. The highest BCUT2D eigenvalue weighted by atomic mass is 79.9. The van der Waals surface area contributed by atoms with Crippen LogP contribution in [0.1, 0.15) is 41.5 Å². The normalized spacial score (nSPS) is 12.2. The van der Waals surface area contributed by atoms with Gasteiger partial charge in [0.2, 0.25) is 5.78 Å². The third-order valence-electron chi connectivity index (χ3n) is 5.70. The molecule has 0 bridgehead atoms. The second kappa shape index (κ2) is 12.6. The fourth-order valence-corrected chi connectivity index (χ4v) is 4.57. The number of hydrogen-bond acceptors (Lipinski definition) is 6. The van der Waals surface area contributed by atoms with Gasteiger partial charge < -0.3 is 10.1 Å². The van der Waals surface area contributed by atoms with E-state index in [-0.39, 0.29) is 17.2 Å². The number of nitro groups is 1. The highest BCUT2D eigenvalue weighted by molar-refractivity contribution is 9.10. The van der Waals surface area contributed by atoms with Crippen molar-refractivity contribution < 1.29 is 24.0 Å². The summed E-state index contributed by atoms with van der Waals surface area (Å²) in [4.78, 5) is 48.8. The molecule has 0 aliphatic carbocycles. The van der Waals surface area contributed by atoms with Gasteiger partial charge in [-0.1, -0.05) is 74.3 Å². The van der Waals surface area contributed by atoms with Gasteiger partial charge >= 0.3 is 5.97 Å². The van der Waals surface area contributed by atoms with E-state index >= 15 is 0 Å². The van der Waals surface area contributed by atoms with Crippen LogP contribution in [-0.2, 0) is 4.74 Å². The number of benzene rings is 4. The molecule has 0 heterocycles. The predicted octanol–water partition coefficient (Wildman–Crippen LogP) is 7.15. The van der Waals surface area contributed by atoms with Crippen LogP contribution < -0.4 is 5.32 Å². The number of ether oxygens (including phenoxy) is 1. The first-order chi connectivity index (χ1) is 18.7. The molecule has 4 aromatic carbocycles. The molecule has 4 aromatic rings. The van der Waals surface area contributed by atoms with Crippen molar-refractivity contribution in [2.45, 2.75) is 10.9 Å². The first kappa shape index (κ1) is 27.9. The Morgan fingerprint density at radius 3 is 2.08 bits per heavy atom. The maximum Gasteiger partial charge on any atom is 0.338 e. The van der Waals surface area contributed by atoms with E-state index in [1.54, 1.807) is 72.8 Å². The number of amides is 1. The number of anilines is 1. The summed E-state index contributed by atoms with van der Waals surface area (Å²) < 4.78 is 6.52. The number of nitro benzene ring substituents is 1. The van der Waals surface area contributed by atoms with Gasteiger partial charge in [0.15, 0.2) is 6.10 Å². The first-order valence-electron chi connectivity index (χ1n) is 11.6. The monoisotopic (exact) mass is 650 g/mol. The van der Waals surface area contributed by atoms with E-state index in [4.69, 9.17) is 4.74 Å². The van der Waals surface area contributed by atoms with Crippen molar-refractivity contribution in [3.63, 3.8) is 0 Å². The average Bonchev–Trinajstić information content (AvgIpc) is 2.96. The highest BCUT2D eigenvalue weighted by Crippen LogP contribution is 2.33. The third kappa shape index (κ3) is 7.04. The summed E-state index contributed by atoms with van der Waals surface area (Å²) in [5, 5.41) is 14.0. The fraction of sp³-hybridized carbons (Fsp3) is 0.0690. The number of halogens is 2. The first-order valence-corrected chi connectivity index (χ1v) is 13.3. The summed E-state index contributed by atoms with van der Waals surface area (Å²) in [5.74, 6) is -1.56. The van der Waals surface area contributed by atoms with Gasteiger partial charge in [0.1, 0.15) is 0 Å². The minimum absolute atomic E-state index is 0.154. The van der Waals surface area contributed by atoms with Gasteiger partial charge in [-0.3, -0.25) is 19.7 Å². The number of Topliss-reactive ketones (excluding diaryl/α,β-unsaturated/α-hetero) is 1. The van der Waals surface area contributed by atoms with Crippen LogP contribution in [0.4, 0.5) is 11.4 Å². The van der Waals surface area contributed by atoms with Crippen molar-refractivity contribution in [1.82, 2.24) is 0 Å². The lowest BCUT2D eigenvalue weighted by molar-refractivity contribution is -0.384. The van der Waals surface area contributed by atoms with Crippen LogP contribution in [0.15, 0.2) is 108 Å². The molecule has 0 aliphatic heterocycles.